The van der Waals surface area contributed by atoms with E-state index >= 15 is 0 Å². The number of benzene rings is 2. The predicted molar refractivity (Wildman–Crippen MR) is 81.3 cm³/mol. The van der Waals surface area contributed by atoms with Crippen molar-refractivity contribution >= 4 is 0 Å². The number of ether oxygens (including phenoxy) is 1. The number of hydroxylamine groups is 1. The first-order valence-corrected chi connectivity index (χ1v) is 6.95. The Morgan fingerprint density at radius 3 is 2.64 bits per heavy atom. The smallest absolute Gasteiger partial charge is 0.131 e. The Hall–Kier alpha value is -2.63. The zero-order chi connectivity index (χ0) is 15.2. The lowest BCUT2D eigenvalue weighted by atomic mass is 10.1. The van der Waals surface area contributed by atoms with Gasteiger partial charge >= 0.3 is 0 Å². The zero-order valence-corrected chi connectivity index (χ0v) is 11.9. The minimum Gasteiger partial charge on any atom is -0.488 e. The quantitative estimate of drug-likeness (QED) is 0.709. The van der Waals surface area contributed by atoms with Gasteiger partial charge in [-0.1, -0.05) is 47.6 Å². The summed E-state index contributed by atoms with van der Waals surface area (Å²) in [6, 6.07) is 17.5. The normalized spacial score (nSPS) is 11.5. The molecule has 0 saturated carbocycles. The van der Waals surface area contributed by atoms with Gasteiger partial charge in [0.25, 0.3) is 0 Å². The summed E-state index contributed by atoms with van der Waals surface area (Å²) in [7, 11) is 0. The molecule has 5 heteroatoms. The molecule has 0 bridgehead atoms. The van der Waals surface area contributed by atoms with Crippen LogP contribution in [-0.2, 0) is 13.2 Å². The monoisotopic (exact) mass is 296 g/mol. The molecule has 5 nitrogen and oxygen atoms in total. The summed E-state index contributed by atoms with van der Waals surface area (Å²) in [5, 5.41) is 12.2. The summed E-state index contributed by atoms with van der Waals surface area (Å²) in [6.07, 6.45) is 1.63. The molecule has 0 amide bonds. The van der Waals surface area contributed by atoms with Crippen LogP contribution in [0.25, 0.3) is 11.3 Å². The summed E-state index contributed by atoms with van der Waals surface area (Å²) in [6.45, 7) is 1.07. The highest BCUT2D eigenvalue weighted by atomic mass is 16.5. The van der Waals surface area contributed by atoms with Gasteiger partial charge in [-0.25, -0.2) is 5.48 Å². The van der Waals surface area contributed by atoms with Crippen LogP contribution in [0.5, 0.6) is 5.75 Å². The maximum atomic E-state index is 8.27. The number of hydrogen-bond acceptors (Lipinski definition) is 5. The Balaban J connectivity index is 0.000000142. The fourth-order valence-corrected chi connectivity index (χ4v) is 2.21. The molecule has 0 unspecified atom stereocenters. The van der Waals surface area contributed by atoms with Gasteiger partial charge in [0.2, 0.25) is 0 Å². The van der Waals surface area contributed by atoms with Crippen molar-refractivity contribution in [2.45, 2.75) is 13.2 Å². The third kappa shape index (κ3) is 3.16. The summed E-state index contributed by atoms with van der Waals surface area (Å²) in [5.74, 6) is 0.879. The molecule has 1 aliphatic heterocycles. The van der Waals surface area contributed by atoms with Crippen molar-refractivity contribution < 1.29 is 14.5 Å². The van der Waals surface area contributed by atoms with E-state index in [1.165, 1.54) is 0 Å². The highest BCUT2D eigenvalue weighted by molar-refractivity contribution is 5.70. The third-order valence-electron chi connectivity index (χ3n) is 3.29. The summed E-state index contributed by atoms with van der Waals surface area (Å²) in [5.41, 5.74) is 6.10. The van der Waals surface area contributed by atoms with Crippen molar-refractivity contribution in [3.8, 4) is 17.0 Å². The molecule has 1 aromatic heterocycles. The highest BCUT2D eigenvalue weighted by Gasteiger charge is 2.19. The summed E-state index contributed by atoms with van der Waals surface area (Å²) in [4.78, 5) is 0. The van der Waals surface area contributed by atoms with E-state index in [2.05, 4.69) is 10.6 Å². The number of aromatic nitrogens is 1. The Kier molecular flexibility index (Phi) is 4.48. The van der Waals surface area contributed by atoms with Crippen LogP contribution in [0.3, 0.4) is 0 Å². The van der Waals surface area contributed by atoms with Gasteiger partial charge in [-0.3, -0.25) is 0 Å². The van der Waals surface area contributed by atoms with Crippen LogP contribution in [-0.4, -0.2) is 10.4 Å². The topological polar surface area (TPSA) is 67.5 Å². The molecule has 0 saturated heterocycles. The van der Waals surface area contributed by atoms with Crippen molar-refractivity contribution in [2.24, 2.45) is 0 Å². The standard InChI is InChI=1S/C10H7NO2.C7H9NO/c1-2-4-9-8(3-1)10-7(5-12-9)6-13-11-10;9-8-6-7-4-2-1-3-5-7/h1-4,6H,5H2;1-5,8-9H,6H2. The summed E-state index contributed by atoms with van der Waals surface area (Å²) < 4.78 is 10.4. The number of nitrogens with one attached hydrogen (secondary N) is 1. The zero-order valence-electron chi connectivity index (χ0n) is 11.9. The van der Waals surface area contributed by atoms with E-state index < -0.39 is 0 Å². The Morgan fingerprint density at radius 2 is 1.82 bits per heavy atom. The van der Waals surface area contributed by atoms with E-state index in [4.69, 9.17) is 14.5 Å². The van der Waals surface area contributed by atoms with Gasteiger partial charge in [-0.2, -0.15) is 0 Å². The van der Waals surface area contributed by atoms with Crippen LogP contribution < -0.4 is 10.2 Å². The maximum Gasteiger partial charge on any atom is 0.131 e. The molecule has 0 spiro atoms. The molecule has 4 rings (SSSR count). The lowest BCUT2D eigenvalue weighted by molar-refractivity contribution is 0.161. The van der Waals surface area contributed by atoms with Crippen LogP contribution in [0, 0.1) is 0 Å². The molecular weight excluding hydrogens is 280 g/mol. The van der Waals surface area contributed by atoms with E-state index in [9.17, 15) is 0 Å². The van der Waals surface area contributed by atoms with Crippen LogP contribution in [0.1, 0.15) is 11.1 Å². The fourth-order valence-electron chi connectivity index (χ4n) is 2.21. The van der Waals surface area contributed by atoms with Crippen molar-refractivity contribution in [3.05, 3.63) is 72.0 Å². The van der Waals surface area contributed by atoms with Gasteiger partial charge in [-0.05, 0) is 17.7 Å². The number of nitrogens with zero attached hydrogens (tertiary/aromatic N) is 1. The molecule has 0 aliphatic carbocycles. The predicted octanol–water partition coefficient (Wildman–Crippen LogP) is 3.40. The van der Waals surface area contributed by atoms with Gasteiger partial charge < -0.3 is 14.5 Å². The lowest BCUT2D eigenvalue weighted by Gasteiger charge is -2.14. The molecule has 0 radical (unpaired) electrons. The van der Waals surface area contributed by atoms with E-state index in [0.717, 1.165) is 28.1 Å². The van der Waals surface area contributed by atoms with Crippen molar-refractivity contribution in [1.29, 1.82) is 0 Å². The molecule has 3 aromatic rings. The van der Waals surface area contributed by atoms with Crippen LogP contribution >= 0.6 is 0 Å². The number of fused-ring (bicyclic) bond motifs is 3. The first kappa shape index (κ1) is 14.3. The number of rotatable bonds is 2. The van der Waals surface area contributed by atoms with Crippen LogP contribution in [0.2, 0.25) is 0 Å². The molecule has 22 heavy (non-hydrogen) atoms. The van der Waals surface area contributed by atoms with Crippen molar-refractivity contribution in [2.75, 3.05) is 0 Å². The average Bonchev–Trinajstić information content (AvgIpc) is 3.06. The second-order valence-corrected chi connectivity index (χ2v) is 4.79. The molecule has 0 atom stereocenters. The Labute approximate surface area is 128 Å². The van der Waals surface area contributed by atoms with Crippen molar-refractivity contribution in [3.63, 3.8) is 0 Å². The Bertz CT molecular complexity index is 726. The van der Waals surface area contributed by atoms with E-state index in [1.54, 1.807) is 6.26 Å². The SMILES string of the molecule is ONCc1ccccc1.c1ccc2c(c1)OCc1conc1-2. The fraction of sp³-hybridized carbons (Fsp3) is 0.118. The first-order chi connectivity index (χ1) is 10.9. The minimum atomic E-state index is 0.515. The first-order valence-electron chi connectivity index (χ1n) is 6.95. The molecule has 1 aliphatic rings. The minimum absolute atomic E-state index is 0.515. The molecule has 112 valence electrons. The third-order valence-corrected chi connectivity index (χ3v) is 3.29. The average molecular weight is 296 g/mol. The van der Waals surface area contributed by atoms with Gasteiger partial charge in [0.1, 0.15) is 24.3 Å². The second-order valence-electron chi connectivity index (χ2n) is 4.79. The number of para-hydroxylation sites is 1. The molecular formula is C17H16N2O3. The Morgan fingerprint density at radius 1 is 1.05 bits per heavy atom. The van der Waals surface area contributed by atoms with Gasteiger partial charge in [-0.15, -0.1) is 0 Å². The molecule has 0 fully saturated rings. The summed E-state index contributed by atoms with van der Waals surface area (Å²) >= 11 is 0. The maximum absolute atomic E-state index is 8.27. The van der Waals surface area contributed by atoms with Gasteiger partial charge in [0.05, 0.1) is 5.56 Å². The van der Waals surface area contributed by atoms with E-state index in [-0.39, 0.29) is 0 Å². The van der Waals surface area contributed by atoms with Gasteiger partial charge in [0, 0.05) is 12.1 Å². The largest absolute Gasteiger partial charge is 0.488 e. The van der Waals surface area contributed by atoms with Crippen molar-refractivity contribution in [1.82, 2.24) is 10.6 Å². The van der Waals surface area contributed by atoms with E-state index in [0.29, 0.717) is 13.2 Å². The lowest BCUT2D eigenvalue weighted by Crippen LogP contribution is -2.05. The van der Waals surface area contributed by atoms with E-state index in [1.807, 2.05) is 54.6 Å². The highest BCUT2D eigenvalue weighted by Crippen LogP contribution is 2.35. The van der Waals surface area contributed by atoms with Gasteiger partial charge in [0.15, 0.2) is 0 Å². The molecule has 2 N–H and O–H groups in total. The van der Waals surface area contributed by atoms with Crippen LogP contribution in [0.15, 0.2) is 65.4 Å². The molecule has 2 heterocycles. The molecule has 2 aromatic carbocycles. The second kappa shape index (κ2) is 6.89. The number of hydrogen-bond donors (Lipinski definition) is 2. The van der Waals surface area contributed by atoms with Crippen LogP contribution in [0.4, 0.5) is 0 Å².